The molecule has 0 heterocycles. The van der Waals surface area contributed by atoms with Gasteiger partial charge in [-0.15, -0.1) is 0 Å². The molecule has 2 nitrogen and oxygen atoms in total. The van der Waals surface area contributed by atoms with Gasteiger partial charge in [-0.3, -0.25) is 4.79 Å². The molecule has 0 aliphatic heterocycles. The Bertz CT molecular complexity index is 903. The molecule has 0 amide bonds. The molecule has 3 heteroatoms. The van der Waals surface area contributed by atoms with E-state index in [9.17, 15) is 4.79 Å². The fourth-order valence-electron chi connectivity index (χ4n) is 8.92. The molecule has 36 heavy (non-hydrogen) atoms. The lowest BCUT2D eigenvalue weighted by atomic mass is 9.47. The summed E-state index contributed by atoms with van der Waals surface area (Å²) in [5, 5.41) is 0.266. The number of rotatable bonds is 6. The average molecular weight is 513 g/mol. The van der Waals surface area contributed by atoms with E-state index < -0.39 is 8.32 Å². The first-order chi connectivity index (χ1) is 16.6. The Morgan fingerprint density at radius 1 is 1.14 bits per heavy atom. The van der Waals surface area contributed by atoms with Crippen LogP contribution in [0.2, 0.25) is 18.1 Å². The zero-order chi connectivity index (χ0) is 26.7. The van der Waals surface area contributed by atoms with Crippen molar-refractivity contribution >= 4 is 14.1 Å². The standard InChI is InChI=1S/C33H56O2Si/c1-22(2)12-11-13-23(3)30-29(34)21-28-26-15-14-24-20-25(35-36(9,10)31(4,5)6)16-18-32(24,7)27(26)17-19-33(28,30)8/h12,14,23,25-28,30H,11,13,15-21H2,1-10H3/t23-,25+,26-,27+,28+,30+,32+,33+/m1/s1. The summed E-state index contributed by atoms with van der Waals surface area (Å²) in [6.45, 7) is 23.7. The number of hydrogen-bond donors (Lipinski definition) is 0. The van der Waals surface area contributed by atoms with Crippen molar-refractivity contribution in [3.63, 3.8) is 0 Å². The van der Waals surface area contributed by atoms with E-state index in [-0.39, 0.29) is 16.4 Å². The summed E-state index contributed by atoms with van der Waals surface area (Å²) < 4.78 is 6.91. The highest BCUT2D eigenvalue weighted by atomic mass is 28.4. The van der Waals surface area contributed by atoms with Crippen molar-refractivity contribution in [1.82, 2.24) is 0 Å². The van der Waals surface area contributed by atoms with E-state index in [0.717, 1.165) is 31.6 Å². The zero-order valence-corrected chi connectivity index (χ0v) is 26.3. The molecule has 0 bridgehead atoms. The van der Waals surface area contributed by atoms with Gasteiger partial charge in [0.15, 0.2) is 8.32 Å². The van der Waals surface area contributed by atoms with Crippen LogP contribution >= 0.6 is 0 Å². The minimum absolute atomic E-state index is 0.201. The topological polar surface area (TPSA) is 26.3 Å². The van der Waals surface area contributed by atoms with Gasteiger partial charge in [0.25, 0.3) is 0 Å². The van der Waals surface area contributed by atoms with Crippen LogP contribution in [0, 0.1) is 40.4 Å². The average Bonchev–Trinajstić information content (AvgIpc) is 3.02. The van der Waals surface area contributed by atoms with Gasteiger partial charge in [-0.25, -0.2) is 0 Å². The number of Topliss-reactive ketones (excluding diaryl/α,β-unsaturated/α-hetero) is 1. The van der Waals surface area contributed by atoms with Crippen LogP contribution in [0.1, 0.15) is 113 Å². The first kappa shape index (κ1) is 28.3. The molecule has 0 saturated heterocycles. The van der Waals surface area contributed by atoms with Crippen LogP contribution in [0.4, 0.5) is 0 Å². The molecule has 0 radical (unpaired) electrons. The minimum atomic E-state index is -1.75. The van der Waals surface area contributed by atoms with Crippen molar-refractivity contribution in [1.29, 1.82) is 0 Å². The molecule has 4 aliphatic carbocycles. The lowest BCUT2D eigenvalue weighted by Gasteiger charge is -2.58. The predicted molar refractivity (Wildman–Crippen MR) is 155 cm³/mol. The summed E-state index contributed by atoms with van der Waals surface area (Å²) in [5.74, 6) is 3.36. The van der Waals surface area contributed by atoms with Crippen LogP contribution in [0.15, 0.2) is 23.3 Å². The summed E-state index contributed by atoms with van der Waals surface area (Å²) in [7, 11) is -1.75. The van der Waals surface area contributed by atoms with Gasteiger partial charge < -0.3 is 4.43 Å². The Labute approximate surface area is 224 Å². The maximum atomic E-state index is 13.5. The minimum Gasteiger partial charge on any atom is -0.414 e. The number of allylic oxidation sites excluding steroid dienone is 3. The number of carbonyl (C=O) groups excluding carboxylic acids is 1. The first-order valence-corrected chi connectivity index (χ1v) is 18.0. The fourth-order valence-corrected chi connectivity index (χ4v) is 10.3. The highest BCUT2D eigenvalue weighted by Gasteiger charge is 2.61. The van der Waals surface area contributed by atoms with E-state index in [4.69, 9.17) is 4.43 Å². The molecule has 3 saturated carbocycles. The zero-order valence-electron chi connectivity index (χ0n) is 25.3. The monoisotopic (exact) mass is 512 g/mol. The molecule has 4 aliphatic rings. The first-order valence-electron chi connectivity index (χ1n) is 15.1. The van der Waals surface area contributed by atoms with E-state index >= 15 is 0 Å². The predicted octanol–water partition coefficient (Wildman–Crippen LogP) is 9.52. The number of carbonyl (C=O) groups is 1. The van der Waals surface area contributed by atoms with Gasteiger partial charge in [-0.1, -0.05) is 64.8 Å². The van der Waals surface area contributed by atoms with Crippen molar-refractivity contribution in [2.75, 3.05) is 0 Å². The molecule has 0 N–H and O–H groups in total. The van der Waals surface area contributed by atoms with E-state index in [1.165, 1.54) is 37.7 Å². The number of ketones is 1. The summed E-state index contributed by atoms with van der Waals surface area (Å²) in [6, 6.07) is 0. The van der Waals surface area contributed by atoms with Crippen LogP contribution in [-0.2, 0) is 9.22 Å². The smallest absolute Gasteiger partial charge is 0.192 e. The third kappa shape index (κ3) is 4.90. The van der Waals surface area contributed by atoms with Gasteiger partial charge >= 0.3 is 0 Å². The third-order valence-corrected chi connectivity index (χ3v) is 16.5. The summed E-state index contributed by atoms with van der Waals surface area (Å²) in [6.07, 6.45) is 15.8. The second kappa shape index (κ2) is 9.81. The maximum Gasteiger partial charge on any atom is 0.192 e. The van der Waals surface area contributed by atoms with Gasteiger partial charge in [0.2, 0.25) is 0 Å². The van der Waals surface area contributed by atoms with Crippen molar-refractivity contribution in [3.8, 4) is 0 Å². The normalized spacial score (nSPS) is 39.6. The molecule has 204 valence electrons. The quantitative estimate of drug-likeness (QED) is 0.261. The Balaban J connectivity index is 1.50. The Kier molecular flexibility index (Phi) is 7.73. The van der Waals surface area contributed by atoms with Crippen molar-refractivity contribution in [2.45, 2.75) is 137 Å². The Morgan fingerprint density at radius 2 is 1.83 bits per heavy atom. The molecular formula is C33H56O2Si. The number of fused-ring (bicyclic) bond motifs is 5. The van der Waals surface area contributed by atoms with Crippen molar-refractivity contribution in [3.05, 3.63) is 23.3 Å². The third-order valence-electron chi connectivity index (χ3n) is 12.0. The van der Waals surface area contributed by atoms with Crippen LogP contribution in [-0.4, -0.2) is 20.2 Å². The lowest BCUT2D eigenvalue weighted by Crippen LogP contribution is -2.52. The highest BCUT2D eigenvalue weighted by molar-refractivity contribution is 6.74. The second-order valence-corrected chi connectivity index (χ2v) is 20.3. The molecule has 8 atom stereocenters. The van der Waals surface area contributed by atoms with Crippen LogP contribution in [0.3, 0.4) is 0 Å². The molecule has 0 aromatic carbocycles. The Morgan fingerprint density at radius 3 is 2.47 bits per heavy atom. The summed E-state index contributed by atoms with van der Waals surface area (Å²) in [5.41, 5.74) is 3.60. The highest BCUT2D eigenvalue weighted by Crippen LogP contribution is 2.66. The van der Waals surface area contributed by atoms with Gasteiger partial charge in [-0.05, 0) is 118 Å². The van der Waals surface area contributed by atoms with Crippen LogP contribution in [0.5, 0.6) is 0 Å². The largest absolute Gasteiger partial charge is 0.414 e. The van der Waals surface area contributed by atoms with E-state index in [1.54, 1.807) is 5.57 Å². The molecule has 0 aromatic rings. The maximum absolute atomic E-state index is 13.5. The van der Waals surface area contributed by atoms with Gasteiger partial charge in [0.05, 0.1) is 0 Å². The molecule has 3 fully saturated rings. The number of hydrogen-bond acceptors (Lipinski definition) is 2. The molecule has 0 spiro atoms. The van der Waals surface area contributed by atoms with Crippen LogP contribution < -0.4 is 0 Å². The van der Waals surface area contributed by atoms with E-state index in [2.05, 4.69) is 80.6 Å². The SMILES string of the molecule is CC(C)=CCC[C@@H](C)[C@H]1C(=O)C[C@H]2[C@@H]3CC=C4C[C@@H](O[Si](C)(C)C(C)(C)C)CC[C@]4(C)[C@H]3CC[C@]12C. The molecule has 4 rings (SSSR count). The lowest BCUT2D eigenvalue weighted by molar-refractivity contribution is -0.124. The van der Waals surface area contributed by atoms with Crippen molar-refractivity contribution < 1.29 is 9.22 Å². The van der Waals surface area contributed by atoms with E-state index in [1.807, 2.05) is 0 Å². The molecule has 0 unspecified atom stereocenters. The Hall–Kier alpha value is -0.673. The summed E-state index contributed by atoms with van der Waals surface area (Å²) >= 11 is 0. The second-order valence-electron chi connectivity index (χ2n) is 15.5. The van der Waals surface area contributed by atoms with Gasteiger partial charge in [0, 0.05) is 18.4 Å². The van der Waals surface area contributed by atoms with Gasteiger partial charge in [-0.2, -0.15) is 0 Å². The van der Waals surface area contributed by atoms with Crippen molar-refractivity contribution in [2.24, 2.45) is 40.4 Å². The molecular weight excluding hydrogens is 456 g/mol. The summed E-state index contributed by atoms with van der Waals surface area (Å²) in [4.78, 5) is 13.5. The molecule has 0 aromatic heterocycles. The fraction of sp³-hybridized carbons (Fsp3) is 0.848. The van der Waals surface area contributed by atoms with E-state index in [0.29, 0.717) is 35.1 Å². The van der Waals surface area contributed by atoms with Crippen LogP contribution in [0.25, 0.3) is 0 Å². The van der Waals surface area contributed by atoms with Gasteiger partial charge in [0.1, 0.15) is 5.78 Å².